The molecule has 0 aliphatic carbocycles. The van der Waals surface area contributed by atoms with E-state index in [0.717, 1.165) is 6.07 Å². The minimum absolute atomic E-state index is 0.00672. The van der Waals surface area contributed by atoms with Crippen molar-refractivity contribution in [2.75, 3.05) is 5.32 Å². The number of pyridine rings is 1. The molecule has 3 rings (SSSR count). The number of non-ortho nitro benzene ring substituents is 1. The first kappa shape index (κ1) is 19.8. The topological polar surface area (TPSA) is 118 Å². The van der Waals surface area contributed by atoms with Crippen molar-refractivity contribution in [3.8, 4) is 17.7 Å². The van der Waals surface area contributed by atoms with Crippen molar-refractivity contribution < 1.29 is 14.5 Å². The molecule has 1 aromatic heterocycles. The summed E-state index contributed by atoms with van der Waals surface area (Å²) in [6, 6.07) is 13.8. The molecule has 0 fully saturated rings. The highest BCUT2D eigenvalue weighted by molar-refractivity contribution is 6.34. The zero-order chi connectivity index (χ0) is 21.0. The minimum atomic E-state index is -0.600. The van der Waals surface area contributed by atoms with Crippen molar-refractivity contribution in [3.05, 3.63) is 86.6 Å². The molecular formula is C20H13ClN4O4. The summed E-state index contributed by atoms with van der Waals surface area (Å²) in [7, 11) is 0. The highest BCUT2D eigenvalue weighted by Gasteiger charge is 2.17. The van der Waals surface area contributed by atoms with Crippen LogP contribution in [0.5, 0.6) is 11.6 Å². The third kappa shape index (κ3) is 4.48. The van der Waals surface area contributed by atoms with E-state index in [2.05, 4.69) is 10.3 Å². The molecule has 0 aliphatic rings. The van der Waals surface area contributed by atoms with Gasteiger partial charge in [0.15, 0.2) is 0 Å². The summed E-state index contributed by atoms with van der Waals surface area (Å²) >= 11 is 6.01. The average molecular weight is 409 g/mol. The number of nitrogens with zero attached hydrogens (tertiary/aromatic N) is 3. The maximum atomic E-state index is 12.5. The molecule has 0 bridgehead atoms. The maximum Gasteiger partial charge on any atom is 0.270 e. The van der Waals surface area contributed by atoms with Crippen LogP contribution in [0.3, 0.4) is 0 Å². The lowest BCUT2D eigenvalue weighted by Crippen LogP contribution is -2.13. The number of nitriles is 1. The molecule has 9 heteroatoms. The summed E-state index contributed by atoms with van der Waals surface area (Å²) < 4.78 is 5.64. The van der Waals surface area contributed by atoms with Crippen LogP contribution in [0.25, 0.3) is 0 Å². The van der Waals surface area contributed by atoms with Gasteiger partial charge in [0.05, 0.1) is 15.5 Å². The van der Waals surface area contributed by atoms with Gasteiger partial charge in [0, 0.05) is 24.0 Å². The number of anilines is 1. The largest absolute Gasteiger partial charge is 0.438 e. The summed E-state index contributed by atoms with van der Waals surface area (Å²) in [5, 5.41) is 22.8. The normalized spacial score (nSPS) is 10.1. The maximum absolute atomic E-state index is 12.5. The van der Waals surface area contributed by atoms with Crippen molar-refractivity contribution in [2.24, 2.45) is 0 Å². The van der Waals surface area contributed by atoms with E-state index in [-0.39, 0.29) is 22.2 Å². The fourth-order valence-corrected chi connectivity index (χ4v) is 2.70. The molecule has 0 unspecified atom stereocenters. The van der Waals surface area contributed by atoms with E-state index in [1.54, 1.807) is 37.3 Å². The number of nitro benzene ring substituents is 1. The second-order valence-corrected chi connectivity index (χ2v) is 6.33. The van der Waals surface area contributed by atoms with E-state index in [4.69, 9.17) is 21.6 Å². The summed E-state index contributed by atoms with van der Waals surface area (Å²) in [6.07, 6.45) is 1.51. The Hall–Kier alpha value is -3.96. The Kier molecular flexibility index (Phi) is 5.71. The molecule has 0 saturated heterocycles. The van der Waals surface area contributed by atoms with Crippen LogP contribution < -0.4 is 10.1 Å². The number of benzene rings is 2. The number of hydrogen-bond acceptors (Lipinski definition) is 6. The van der Waals surface area contributed by atoms with Crippen molar-refractivity contribution in [2.45, 2.75) is 6.92 Å². The van der Waals surface area contributed by atoms with Gasteiger partial charge in [-0.25, -0.2) is 4.98 Å². The Morgan fingerprint density at radius 1 is 1.28 bits per heavy atom. The van der Waals surface area contributed by atoms with E-state index in [1.807, 2.05) is 6.07 Å². The molecular weight excluding hydrogens is 396 g/mol. The molecule has 3 aromatic rings. The quantitative estimate of drug-likeness (QED) is 0.475. The zero-order valence-electron chi connectivity index (χ0n) is 15.0. The van der Waals surface area contributed by atoms with Crippen LogP contribution in [0.15, 0.2) is 54.7 Å². The number of ether oxygens (including phenoxy) is 1. The molecule has 1 heterocycles. The fraction of sp³-hybridized carbons (Fsp3) is 0.0500. The number of aryl methyl sites for hydroxylation is 1. The van der Waals surface area contributed by atoms with Crippen LogP contribution in [-0.2, 0) is 0 Å². The first-order chi connectivity index (χ1) is 13.9. The smallest absolute Gasteiger partial charge is 0.270 e. The molecule has 2 aromatic carbocycles. The summed E-state index contributed by atoms with van der Waals surface area (Å²) in [5.41, 5.74) is 1.21. The molecule has 0 saturated carbocycles. The Bertz CT molecular complexity index is 1160. The molecule has 0 radical (unpaired) electrons. The van der Waals surface area contributed by atoms with Gasteiger partial charge in [-0.1, -0.05) is 11.6 Å². The Balaban J connectivity index is 1.81. The standard InChI is InChI=1S/C20H13ClN4O4/c1-12-9-15(29-20-13(11-22)3-2-8-23-20)5-7-18(12)24-19(26)16-10-14(25(27)28)4-6-17(16)21/h2-10H,1H3,(H,24,26). The predicted octanol–water partition coefficient (Wildman–Crippen LogP) is 4.87. The van der Waals surface area contributed by atoms with Crippen LogP contribution in [0.2, 0.25) is 5.02 Å². The Labute approximate surface area is 170 Å². The molecule has 1 amide bonds. The Morgan fingerprint density at radius 3 is 2.76 bits per heavy atom. The van der Waals surface area contributed by atoms with Gasteiger partial charge in [0.2, 0.25) is 5.88 Å². The second kappa shape index (κ2) is 8.37. The fourth-order valence-electron chi connectivity index (χ4n) is 2.50. The van der Waals surface area contributed by atoms with Crippen LogP contribution in [-0.4, -0.2) is 15.8 Å². The highest BCUT2D eigenvalue weighted by atomic mass is 35.5. The van der Waals surface area contributed by atoms with Crippen molar-refractivity contribution >= 4 is 28.9 Å². The number of halogens is 1. The molecule has 144 valence electrons. The van der Waals surface area contributed by atoms with Gasteiger partial charge < -0.3 is 10.1 Å². The SMILES string of the molecule is Cc1cc(Oc2ncccc2C#N)ccc1NC(=O)c1cc([N+](=O)[O-])ccc1Cl. The highest BCUT2D eigenvalue weighted by Crippen LogP contribution is 2.28. The Morgan fingerprint density at radius 2 is 2.07 bits per heavy atom. The molecule has 0 spiro atoms. The number of nitro groups is 1. The minimum Gasteiger partial charge on any atom is -0.438 e. The molecule has 8 nitrogen and oxygen atoms in total. The number of carbonyl (C=O) groups is 1. The summed E-state index contributed by atoms with van der Waals surface area (Å²) in [5.74, 6) is 0.0330. The lowest BCUT2D eigenvalue weighted by atomic mass is 10.1. The van der Waals surface area contributed by atoms with Gasteiger partial charge in [0.25, 0.3) is 11.6 Å². The number of rotatable bonds is 5. The number of amides is 1. The van der Waals surface area contributed by atoms with Crippen LogP contribution >= 0.6 is 11.6 Å². The van der Waals surface area contributed by atoms with E-state index < -0.39 is 10.8 Å². The average Bonchev–Trinajstić information content (AvgIpc) is 2.70. The van der Waals surface area contributed by atoms with Crippen molar-refractivity contribution in [1.29, 1.82) is 5.26 Å². The predicted molar refractivity (Wildman–Crippen MR) is 106 cm³/mol. The first-order valence-electron chi connectivity index (χ1n) is 8.28. The van der Waals surface area contributed by atoms with Crippen LogP contribution in [0.1, 0.15) is 21.5 Å². The van der Waals surface area contributed by atoms with Gasteiger partial charge in [-0.2, -0.15) is 5.26 Å². The van der Waals surface area contributed by atoms with Crippen LogP contribution in [0, 0.1) is 28.4 Å². The number of nitrogens with one attached hydrogen (secondary N) is 1. The third-order valence-electron chi connectivity index (χ3n) is 3.96. The van der Waals surface area contributed by atoms with Crippen LogP contribution in [0.4, 0.5) is 11.4 Å². The van der Waals surface area contributed by atoms with Gasteiger partial charge in [0.1, 0.15) is 17.4 Å². The monoisotopic (exact) mass is 408 g/mol. The van der Waals surface area contributed by atoms with Crippen molar-refractivity contribution in [3.63, 3.8) is 0 Å². The van der Waals surface area contributed by atoms with E-state index in [0.29, 0.717) is 22.6 Å². The lowest BCUT2D eigenvalue weighted by Gasteiger charge is -2.12. The van der Waals surface area contributed by atoms with E-state index >= 15 is 0 Å². The first-order valence-corrected chi connectivity index (χ1v) is 8.65. The molecule has 29 heavy (non-hydrogen) atoms. The summed E-state index contributed by atoms with van der Waals surface area (Å²) in [6.45, 7) is 1.75. The number of aromatic nitrogens is 1. The number of hydrogen-bond donors (Lipinski definition) is 1. The third-order valence-corrected chi connectivity index (χ3v) is 4.29. The van der Waals surface area contributed by atoms with E-state index in [9.17, 15) is 14.9 Å². The van der Waals surface area contributed by atoms with Gasteiger partial charge in [-0.15, -0.1) is 0 Å². The molecule has 0 aliphatic heterocycles. The molecule has 1 N–H and O–H groups in total. The zero-order valence-corrected chi connectivity index (χ0v) is 15.8. The van der Waals surface area contributed by atoms with Gasteiger partial charge in [-0.3, -0.25) is 14.9 Å². The van der Waals surface area contributed by atoms with E-state index in [1.165, 1.54) is 18.3 Å². The van der Waals surface area contributed by atoms with Gasteiger partial charge in [-0.05, 0) is 48.9 Å². The second-order valence-electron chi connectivity index (χ2n) is 5.92. The van der Waals surface area contributed by atoms with Gasteiger partial charge >= 0.3 is 0 Å². The summed E-state index contributed by atoms with van der Waals surface area (Å²) in [4.78, 5) is 26.9. The number of carbonyl (C=O) groups excluding carboxylic acids is 1. The van der Waals surface area contributed by atoms with Crippen molar-refractivity contribution in [1.82, 2.24) is 4.98 Å². The lowest BCUT2D eigenvalue weighted by molar-refractivity contribution is -0.384. The molecule has 0 atom stereocenters.